The fourth-order valence-corrected chi connectivity index (χ4v) is 1.38. The zero-order valence-corrected chi connectivity index (χ0v) is 9.71. The fraction of sp³-hybridized carbons (Fsp3) is 0.250. The van der Waals surface area contributed by atoms with Crippen LogP contribution in [0.15, 0.2) is 24.3 Å². The summed E-state index contributed by atoms with van der Waals surface area (Å²) in [5.41, 5.74) is 0.802. The van der Waals surface area contributed by atoms with Gasteiger partial charge < -0.3 is 10.6 Å². The SMILES string of the molecule is C#CCNC(=O)C(C)Nc1cccc(Cl)c1. The van der Waals surface area contributed by atoms with Crippen molar-refractivity contribution in [3.8, 4) is 12.3 Å². The summed E-state index contributed by atoms with van der Waals surface area (Å²) in [7, 11) is 0. The van der Waals surface area contributed by atoms with Crippen molar-refractivity contribution in [1.82, 2.24) is 5.32 Å². The second-order valence-corrected chi connectivity index (χ2v) is 3.73. The predicted molar refractivity (Wildman–Crippen MR) is 66.4 cm³/mol. The number of carbonyl (C=O) groups excluding carboxylic acids is 1. The van der Waals surface area contributed by atoms with Crippen molar-refractivity contribution < 1.29 is 4.79 Å². The second-order valence-electron chi connectivity index (χ2n) is 3.30. The molecule has 0 saturated carbocycles. The van der Waals surface area contributed by atoms with Crippen LogP contribution in [0.3, 0.4) is 0 Å². The van der Waals surface area contributed by atoms with Crippen molar-refractivity contribution >= 4 is 23.2 Å². The fourth-order valence-electron chi connectivity index (χ4n) is 1.19. The molecule has 0 aromatic heterocycles. The number of hydrogen-bond donors (Lipinski definition) is 2. The predicted octanol–water partition coefficient (Wildman–Crippen LogP) is 1.89. The van der Waals surface area contributed by atoms with E-state index in [2.05, 4.69) is 16.6 Å². The van der Waals surface area contributed by atoms with Crippen LogP contribution < -0.4 is 10.6 Å². The molecule has 0 fully saturated rings. The molecule has 0 bridgehead atoms. The number of rotatable bonds is 4. The Kier molecular flexibility index (Phi) is 4.68. The highest BCUT2D eigenvalue weighted by atomic mass is 35.5. The van der Waals surface area contributed by atoms with Gasteiger partial charge in [0.1, 0.15) is 6.04 Å². The molecular weight excluding hydrogens is 224 g/mol. The van der Waals surface area contributed by atoms with E-state index in [1.807, 2.05) is 12.1 Å². The number of amides is 1. The van der Waals surface area contributed by atoms with Gasteiger partial charge in [-0.3, -0.25) is 4.79 Å². The quantitative estimate of drug-likeness (QED) is 0.784. The average molecular weight is 237 g/mol. The van der Waals surface area contributed by atoms with Crippen molar-refractivity contribution in [1.29, 1.82) is 0 Å². The Morgan fingerprint density at radius 1 is 1.62 bits per heavy atom. The molecule has 4 heteroatoms. The second kappa shape index (κ2) is 6.04. The van der Waals surface area contributed by atoms with Crippen LogP contribution >= 0.6 is 11.6 Å². The van der Waals surface area contributed by atoms with Crippen LogP contribution in [0, 0.1) is 12.3 Å². The Morgan fingerprint density at radius 2 is 2.38 bits per heavy atom. The van der Waals surface area contributed by atoms with E-state index < -0.39 is 0 Å². The van der Waals surface area contributed by atoms with Gasteiger partial charge >= 0.3 is 0 Å². The average Bonchev–Trinajstić information content (AvgIpc) is 2.25. The number of nitrogens with one attached hydrogen (secondary N) is 2. The first-order valence-electron chi connectivity index (χ1n) is 4.86. The van der Waals surface area contributed by atoms with E-state index in [1.54, 1.807) is 19.1 Å². The van der Waals surface area contributed by atoms with Crippen molar-refractivity contribution in [3.05, 3.63) is 29.3 Å². The molecule has 0 radical (unpaired) electrons. The Bertz CT molecular complexity index is 412. The smallest absolute Gasteiger partial charge is 0.242 e. The van der Waals surface area contributed by atoms with Crippen molar-refractivity contribution in [2.75, 3.05) is 11.9 Å². The number of halogens is 1. The third kappa shape index (κ3) is 3.84. The molecule has 0 heterocycles. The number of anilines is 1. The zero-order chi connectivity index (χ0) is 12.0. The minimum atomic E-state index is -0.355. The number of hydrogen-bond acceptors (Lipinski definition) is 2. The summed E-state index contributed by atoms with van der Waals surface area (Å²) in [5.74, 6) is 2.20. The van der Waals surface area contributed by atoms with Crippen LogP contribution in [0.25, 0.3) is 0 Å². The molecule has 1 rings (SSSR count). The van der Waals surface area contributed by atoms with E-state index in [9.17, 15) is 4.79 Å². The van der Waals surface area contributed by atoms with E-state index in [1.165, 1.54) is 0 Å². The van der Waals surface area contributed by atoms with E-state index in [-0.39, 0.29) is 18.5 Å². The van der Waals surface area contributed by atoms with Gasteiger partial charge in [0.25, 0.3) is 0 Å². The largest absolute Gasteiger partial charge is 0.374 e. The van der Waals surface area contributed by atoms with Crippen LogP contribution in [0.2, 0.25) is 5.02 Å². The minimum Gasteiger partial charge on any atom is -0.374 e. The molecule has 1 aromatic rings. The normalized spacial score (nSPS) is 11.3. The molecule has 1 unspecified atom stereocenters. The number of benzene rings is 1. The molecule has 84 valence electrons. The van der Waals surface area contributed by atoms with Gasteiger partial charge in [0, 0.05) is 10.7 Å². The van der Waals surface area contributed by atoms with Crippen LogP contribution in [0.4, 0.5) is 5.69 Å². The van der Waals surface area contributed by atoms with E-state index in [0.717, 1.165) is 5.69 Å². The molecule has 0 aliphatic carbocycles. The van der Waals surface area contributed by atoms with Crippen LogP contribution in [0.1, 0.15) is 6.92 Å². The standard InChI is InChI=1S/C12H13ClN2O/c1-3-7-14-12(16)9(2)15-11-6-4-5-10(13)8-11/h1,4-6,8-9,15H,7H2,2H3,(H,14,16). The van der Waals surface area contributed by atoms with Crippen molar-refractivity contribution in [2.45, 2.75) is 13.0 Å². The Labute approximate surface area is 100 Å². The molecule has 3 nitrogen and oxygen atoms in total. The van der Waals surface area contributed by atoms with Gasteiger partial charge in [0.2, 0.25) is 5.91 Å². The topological polar surface area (TPSA) is 41.1 Å². The third-order valence-electron chi connectivity index (χ3n) is 1.97. The molecule has 0 aliphatic heterocycles. The van der Waals surface area contributed by atoms with E-state index in [4.69, 9.17) is 18.0 Å². The third-order valence-corrected chi connectivity index (χ3v) is 2.20. The first kappa shape index (κ1) is 12.4. The molecular formula is C12H13ClN2O. The maximum Gasteiger partial charge on any atom is 0.242 e. The first-order valence-corrected chi connectivity index (χ1v) is 5.24. The lowest BCUT2D eigenvalue weighted by molar-refractivity contribution is -0.121. The molecule has 0 saturated heterocycles. The maximum absolute atomic E-state index is 11.5. The molecule has 16 heavy (non-hydrogen) atoms. The van der Waals surface area contributed by atoms with Crippen LogP contribution in [-0.2, 0) is 4.79 Å². The summed E-state index contributed by atoms with van der Waals surface area (Å²) < 4.78 is 0. The van der Waals surface area contributed by atoms with Gasteiger partial charge in [-0.1, -0.05) is 23.6 Å². The molecule has 1 amide bonds. The van der Waals surface area contributed by atoms with Gasteiger partial charge in [-0.05, 0) is 25.1 Å². The van der Waals surface area contributed by atoms with Gasteiger partial charge in [-0.15, -0.1) is 6.42 Å². The first-order chi connectivity index (χ1) is 7.63. The van der Waals surface area contributed by atoms with Gasteiger partial charge in [-0.2, -0.15) is 0 Å². The summed E-state index contributed by atoms with van der Waals surface area (Å²) >= 11 is 5.82. The van der Waals surface area contributed by atoms with Crippen molar-refractivity contribution in [3.63, 3.8) is 0 Å². The van der Waals surface area contributed by atoms with Gasteiger partial charge in [0.15, 0.2) is 0 Å². The Balaban J connectivity index is 2.54. The van der Waals surface area contributed by atoms with Crippen molar-refractivity contribution in [2.24, 2.45) is 0 Å². The summed E-state index contributed by atoms with van der Waals surface area (Å²) in [5, 5.41) is 6.25. The lowest BCUT2D eigenvalue weighted by atomic mass is 10.2. The monoisotopic (exact) mass is 236 g/mol. The minimum absolute atomic E-state index is 0.141. The maximum atomic E-state index is 11.5. The van der Waals surface area contributed by atoms with E-state index in [0.29, 0.717) is 5.02 Å². The molecule has 2 N–H and O–H groups in total. The summed E-state index contributed by atoms with van der Waals surface area (Å²) in [6.45, 7) is 1.99. The summed E-state index contributed by atoms with van der Waals surface area (Å²) in [6.07, 6.45) is 5.05. The molecule has 1 atom stereocenters. The number of terminal acetylenes is 1. The Hall–Kier alpha value is -1.66. The van der Waals surface area contributed by atoms with Gasteiger partial charge in [0.05, 0.1) is 6.54 Å². The highest BCUT2D eigenvalue weighted by Gasteiger charge is 2.11. The summed E-state index contributed by atoms with van der Waals surface area (Å²) in [6, 6.07) is 6.84. The van der Waals surface area contributed by atoms with Crippen LogP contribution in [0.5, 0.6) is 0 Å². The summed E-state index contributed by atoms with van der Waals surface area (Å²) in [4.78, 5) is 11.5. The molecule has 0 spiro atoms. The van der Waals surface area contributed by atoms with Gasteiger partial charge in [-0.25, -0.2) is 0 Å². The lowest BCUT2D eigenvalue weighted by Crippen LogP contribution is -2.37. The van der Waals surface area contributed by atoms with Crippen LogP contribution in [-0.4, -0.2) is 18.5 Å². The highest BCUT2D eigenvalue weighted by Crippen LogP contribution is 2.15. The molecule has 1 aromatic carbocycles. The van der Waals surface area contributed by atoms with E-state index >= 15 is 0 Å². The highest BCUT2D eigenvalue weighted by molar-refractivity contribution is 6.30. The molecule has 0 aliphatic rings. The lowest BCUT2D eigenvalue weighted by Gasteiger charge is -2.14. The number of carbonyl (C=O) groups is 1. The Morgan fingerprint density at radius 3 is 3.00 bits per heavy atom. The zero-order valence-electron chi connectivity index (χ0n) is 8.96.